The van der Waals surface area contributed by atoms with E-state index in [1.54, 1.807) is 11.7 Å². The van der Waals surface area contributed by atoms with E-state index in [-0.39, 0.29) is 18.4 Å². The van der Waals surface area contributed by atoms with Crippen molar-refractivity contribution >= 4 is 11.8 Å². The fourth-order valence-corrected chi connectivity index (χ4v) is 3.74. The predicted molar refractivity (Wildman–Crippen MR) is 91.3 cm³/mol. The summed E-state index contributed by atoms with van der Waals surface area (Å²) in [5.74, 6) is 1.17. The lowest BCUT2D eigenvalue weighted by molar-refractivity contribution is -0.121. The summed E-state index contributed by atoms with van der Waals surface area (Å²) in [7, 11) is 1.61. The van der Waals surface area contributed by atoms with Gasteiger partial charge in [0.1, 0.15) is 12.3 Å². The Hall–Kier alpha value is -2.57. The Labute approximate surface area is 146 Å². The van der Waals surface area contributed by atoms with E-state index in [4.69, 9.17) is 4.42 Å². The first-order chi connectivity index (χ1) is 12.1. The second kappa shape index (κ2) is 6.06. The molecule has 7 heteroatoms. The van der Waals surface area contributed by atoms with Crippen molar-refractivity contribution in [3.63, 3.8) is 0 Å². The van der Waals surface area contributed by atoms with Gasteiger partial charge in [0, 0.05) is 43.9 Å². The van der Waals surface area contributed by atoms with Gasteiger partial charge in [-0.05, 0) is 31.7 Å². The molecule has 0 bridgehead atoms. The Kier molecular flexibility index (Phi) is 3.86. The van der Waals surface area contributed by atoms with Crippen molar-refractivity contribution in [2.75, 3.05) is 20.1 Å². The molecule has 25 heavy (non-hydrogen) atoms. The molecule has 0 radical (unpaired) electrons. The first-order valence-electron chi connectivity index (χ1n) is 8.77. The summed E-state index contributed by atoms with van der Waals surface area (Å²) in [5.41, 5.74) is 3.73. The van der Waals surface area contributed by atoms with Crippen molar-refractivity contribution in [1.29, 1.82) is 0 Å². The van der Waals surface area contributed by atoms with Crippen molar-refractivity contribution in [2.45, 2.75) is 39.2 Å². The van der Waals surface area contributed by atoms with Gasteiger partial charge in [-0.15, -0.1) is 0 Å². The van der Waals surface area contributed by atoms with E-state index in [2.05, 4.69) is 10.4 Å². The van der Waals surface area contributed by atoms with Crippen LogP contribution in [-0.2, 0) is 24.2 Å². The fraction of sp³-hybridized carbons (Fsp3) is 0.500. The Morgan fingerprint density at radius 3 is 2.76 bits per heavy atom. The number of fused-ring (bicyclic) bond motifs is 3. The molecule has 0 spiro atoms. The molecule has 132 valence electrons. The van der Waals surface area contributed by atoms with Crippen LogP contribution in [0.15, 0.2) is 10.6 Å². The van der Waals surface area contributed by atoms with Crippen molar-refractivity contribution in [3.05, 3.63) is 28.8 Å². The van der Waals surface area contributed by atoms with Gasteiger partial charge in [-0.3, -0.25) is 14.3 Å². The zero-order valence-corrected chi connectivity index (χ0v) is 14.6. The molecule has 1 aliphatic carbocycles. The summed E-state index contributed by atoms with van der Waals surface area (Å²) in [4.78, 5) is 26.2. The zero-order valence-electron chi connectivity index (χ0n) is 14.6. The Morgan fingerprint density at radius 1 is 1.28 bits per heavy atom. The summed E-state index contributed by atoms with van der Waals surface area (Å²) in [6, 6.07) is 0. The molecule has 2 amide bonds. The normalized spacial score (nSPS) is 15.8. The lowest BCUT2D eigenvalue weighted by Gasteiger charge is -2.13. The fourth-order valence-electron chi connectivity index (χ4n) is 3.74. The van der Waals surface area contributed by atoms with Crippen LogP contribution in [-0.4, -0.2) is 46.6 Å². The van der Waals surface area contributed by atoms with E-state index in [0.717, 1.165) is 66.9 Å². The van der Waals surface area contributed by atoms with Gasteiger partial charge < -0.3 is 14.6 Å². The van der Waals surface area contributed by atoms with Gasteiger partial charge in [0.15, 0.2) is 5.76 Å². The summed E-state index contributed by atoms with van der Waals surface area (Å²) in [6.45, 7) is 3.72. The second-order valence-corrected chi connectivity index (χ2v) is 6.73. The molecule has 2 aromatic heterocycles. The number of likely N-dealkylation sites (tertiary alicyclic amines) is 1. The molecule has 0 unspecified atom stereocenters. The number of amides is 2. The highest BCUT2D eigenvalue weighted by Crippen LogP contribution is 2.38. The minimum absolute atomic E-state index is 0.0178. The number of hydrogen-bond acceptors (Lipinski definition) is 4. The highest BCUT2D eigenvalue weighted by molar-refractivity contribution is 5.95. The third kappa shape index (κ3) is 2.63. The molecule has 1 N–H and O–H groups in total. The van der Waals surface area contributed by atoms with E-state index in [1.165, 1.54) is 0 Å². The number of carbonyl (C=O) groups is 2. The summed E-state index contributed by atoms with van der Waals surface area (Å²) in [6.07, 6.45) is 5.59. The van der Waals surface area contributed by atoms with E-state index in [0.29, 0.717) is 5.76 Å². The van der Waals surface area contributed by atoms with Crippen LogP contribution >= 0.6 is 0 Å². The highest BCUT2D eigenvalue weighted by atomic mass is 16.4. The molecule has 0 saturated carbocycles. The van der Waals surface area contributed by atoms with Crippen LogP contribution in [0.1, 0.15) is 40.3 Å². The average Bonchev–Trinajstić information content (AvgIpc) is 3.32. The smallest absolute Gasteiger partial charge is 0.289 e. The Balaban J connectivity index is 1.70. The predicted octanol–water partition coefficient (Wildman–Crippen LogP) is 1.53. The lowest BCUT2D eigenvalue weighted by atomic mass is 9.93. The van der Waals surface area contributed by atoms with Crippen molar-refractivity contribution in [1.82, 2.24) is 20.0 Å². The largest absolute Gasteiger partial charge is 0.455 e. The summed E-state index contributed by atoms with van der Waals surface area (Å²) < 4.78 is 7.62. The quantitative estimate of drug-likeness (QED) is 0.917. The number of carbonyl (C=O) groups excluding carboxylic acids is 2. The second-order valence-electron chi connectivity index (χ2n) is 6.73. The molecule has 1 aliphatic heterocycles. The van der Waals surface area contributed by atoms with Crippen LogP contribution in [0.25, 0.3) is 11.3 Å². The number of aryl methyl sites for hydroxylation is 2. The zero-order chi connectivity index (χ0) is 17.6. The highest BCUT2D eigenvalue weighted by Gasteiger charge is 2.32. The molecule has 2 aliphatic rings. The number of furan rings is 1. The maximum absolute atomic E-state index is 12.7. The van der Waals surface area contributed by atoms with Crippen LogP contribution < -0.4 is 5.32 Å². The number of hydrogen-bond donors (Lipinski definition) is 1. The van der Waals surface area contributed by atoms with Gasteiger partial charge >= 0.3 is 0 Å². The monoisotopic (exact) mass is 342 g/mol. The number of nitrogens with one attached hydrogen (secondary N) is 1. The molecule has 3 heterocycles. The molecule has 7 nitrogen and oxygen atoms in total. The third-order valence-electron chi connectivity index (χ3n) is 5.09. The maximum Gasteiger partial charge on any atom is 0.289 e. The molecule has 1 saturated heterocycles. The van der Waals surface area contributed by atoms with Gasteiger partial charge in [0.25, 0.3) is 5.91 Å². The Morgan fingerprint density at radius 2 is 2.04 bits per heavy atom. The maximum atomic E-state index is 12.7. The van der Waals surface area contributed by atoms with Crippen LogP contribution in [0.5, 0.6) is 0 Å². The average molecular weight is 342 g/mol. The SMILES string of the molecule is CNC(=O)Cn1cc2c(n1)-c1c(oc(C(=O)N3CCCC3)c1C)CC2. The first-order valence-corrected chi connectivity index (χ1v) is 8.77. The number of aromatic nitrogens is 2. The standard InChI is InChI=1S/C18H22N4O3/c1-11-15-13(25-17(11)18(24)21-7-3-4-8-21)6-5-12-9-22(20-16(12)15)10-14(23)19-2/h9H,3-8,10H2,1-2H3,(H,19,23). The van der Waals surface area contributed by atoms with E-state index in [9.17, 15) is 9.59 Å². The van der Waals surface area contributed by atoms with Gasteiger partial charge in [0.2, 0.25) is 5.91 Å². The molecular weight excluding hydrogens is 320 g/mol. The topological polar surface area (TPSA) is 80.4 Å². The van der Waals surface area contributed by atoms with Gasteiger partial charge in [-0.2, -0.15) is 5.10 Å². The van der Waals surface area contributed by atoms with E-state index < -0.39 is 0 Å². The lowest BCUT2D eigenvalue weighted by Crippen LogP contribution is -2.27. The minimum Gasteiger partial charge on any atom is -0.455 e. The van der Waals surface area contributed by atoms with Crippen molar-refractivity contribution in [3.8, 4) is 11.3 Å². The van der Waals surface area contributed by atoms with Crippen LogP contribution in [0.3, 0.4) is 0 Å². The number of likely N-dealkylation sites (N-methyl/N-ethyl adjacent to an activating group) is 1. The van der Waals surface area contributed by atoms with Crippen molar-refractivity contribution in [2.24, 2.45) is 0 Å². The summed E-state index contributed by atoms with van der Waals surface area (Å²) >= 11 is 0. The van der Waals surface area contributed by atoms with Gasteiger partial charge in [-0.1, -0.05) is 0 Å². The molecule has 0 atom stereocenters. The van der Waals surface area contributed by atoms with Crippen molar-refractivity contribution < 1.29 is 14.0 Å². The molecule has 0 aromatic carbocycles. The van der Waals surface area contributed by atoms with E-state index >= 15 is 0 Å². The first kappa shape index (κ1) is 15.9. The number of nitrogens with zero attached hydrogens (tertiary/aromatic N) is 3. The van der Waals surface area contributed by atoms with Crippen LogP contribution in [0, 0.1) is 6.92 Å². The summed E-state index contributed by atoms with van der Waals surface area (Å²) in [5, 5.41) is 7.19. The number of rotatable bonds is 3. The van der Waals surface area contributed by atoms with Gasteiger partial charge in [0.05, 0.1) is 5.69 Å². The molecule has 1 fully saturated rings. The van der Waals surface area contributed by atoms with Crippen LogP contribution in [0.2, 0.25) is 0 Å². The molecular formula is C18H22N4O3. The minimum atomic E-state index is -0.0890. The van der Waals surface area contributed by atoms with Gasteiger partial charge in [-0.25, -0.2) is 0 Å². The molecule has 2 aromatic rings. The van der Waals surface area contributed by atoms with E-state index in [1.807, 2.05) is 18.0 Å². The molecule has 4 rings (SSSR count). The third-order valence-corrected chi connectivity index (χ3v) is 5.09. The Bertz CT molecular complexity index is 843. The van der Waals surface area contributed by atoms with Crippen LogP contribution in [0.4, 0.5) is 0 Å².